The summed E-state index contributed by atoms with van der Waals surface area (Å²) in [7, 11) is 1.81. The summed E-state index contributed by atoms with van der Waals surface area (Å²) in [4.78, 5) is 15.2. The maximum atomic E-state index is 12.4. The highest BCUT2D eigenvalue weighted by molar-refractivity contribution is 9.10. The second kappa shape index (κ2) is 5.75. The topological polar surface area (TPSA) is 46.3 Å². The number of carbonyl (C=O) groups is 1. The molecule has 0 atom stereocenters. The first-order valence-electron chi connectivity index (χ1n) is 5.82. The molecular formula is C14H15BrN2OS. The molecule has 0 spiro atoms. The number of benzene rings is 1. The third kappa shape index (κ3) is 3.36. The fraction of sp³-hybridized carbons (Fsp3) is 0.214. The van der Waals surface area contributed by atoms with Gasteiger partial charge in [-0.3, -0.25) is 4.79 Å². The molecule has 100 valence electrons. The number of halogens is 1. The zero-order chi connectivity index (χ0) is 14.0. The van der Waals surface area contributed by atoms with Gasteiger partial charge in [0.25, 0.3) is 5.91 Å². The van der Waals surface area contributed by atoms with Gasteiger partial charge in [-0.05, 0) is 52.7 Å². The van der Waals surface area contributed by atoms with Gasteiger partial charge in [0, 0.05) is 33.0 Å². The van der Waals surface area contributed by atoms with Gasteiger partial charge in [-0.1, -0.05) is 0 Å². The van der Waals surface area contributed by atoms with Gasteiger partial charge in [0.15, 0.2) is 0 Å². The predicted octanol–water partition coefficient (Wildman–Crippen LogP) is 3.67. The molecule has 0 aliphatic heterocycles. The van der Waals surface area contributed by atoms with Crippen LogP contribution in [0.3, 0.4) is 0 Å². The van der Waals surface area contributed by atoms with Crippen molar-refractivity contribution in [1.82, 2.24) is 4.90 Å². The molecule has 1 heterocycles. The minimum atomic E-state index is 0.0158. The normalized spacial score (nSPS) is 10.5. The van der Waals surface area contributed by atoms with Gasteiger partial charge in [-0.15, -0.1) is 11.3 Å². The molecule has 1 amide bonds. The number of hydrogen-bond donors (Lipinski definition) is 1. The molecule has 0 unspecified atom stereocenters. The Morgan fingerprint density at radius 1 is 1.42 bits per heavy atom. The van der Waals surface area contributed by atoms with E-state index in [2.05, 4.69) is 15.9 Å². The van der Waals surface area contributed by atoms with E-state index in [1.54, 1.807) is 28.4 Å². The van der Waals surface area contributed by atoms with Gasteiger partial charge in [-0.25, -0.2) is 0 Å². The lowest BCUT2D eigenvalue weighted by atomic mass is 10.1. The lowest BCUT2D eigenvalue weighted by Crippen LogP contribution is -2.26. The number of hydrogen-bond acceptors (Lipinski definition) is 3. The second-order valence-corrected chi connectivity index (χ2v) is 6.38. The van der Waals surface area contributed by atoms with Crippen LogP contribution in [0.25, 0.3) is 0 Å². The highest BCUT2D eigenvalue weighted by Crippen LogP contribution is 2.22. The van der Waals surface area contributed by atoms with Crippen molar-refractivity contribution in [2.45, 2.75) is 13.5 Å². The van der Waals surface area contributed by atoms with E-state index < -0.39 is 0 Å². The molecule has 5 heteroatoms. The molecule has 0 bridgehead atoms. The molecular weight excluding hydrogens is 324 g/mol. The third-order valence-electron chi connectivity index (χ3n) is 2.84. The summed E-state index contributed by atoms with van der Waals surface area (Å²) >= 11 is 5.05. The summed E-state index contributed by atoms with van der Waals surface area (Å²) in [5.74, 6) is 0.0158. The van der Waals surface area contributed by atoms with Crippen LogP contribution < -0.4 is 5.73 Å². The van der Waals surface area contributed by atoms with Crippen LogP contribution in [0.4, 0.5) is 5.69 Å². The van der Waals surface area contributed by atoms with Gasteiger partial charge in [0.05, 0.1) is 6.54 Å². The number of anilines is 1. The van der Waals surface area contributed by atoms with E-state index in [0.717, 1.165) is 14.9 Å². The van der Waals surface area contributed by atoms with E-state index >= 15 is 0 Å². The SMILES string of the molecule is Cc1cc(N)ccc1C(=O)N(C)Cc1cc(Br)cs1. The van der Waals surface area contributed by atoms with Gasteiger partial charge < -0.3 is 10.6 Å². The molecule has 3 nitrogen and oxygen atoms in total. The van der Waals surface area contributed by atoms with Crippen LogP contribution in [0.5, 0.6) is 0 Å². The largest absolute Gasteiger partial charge is 0.399 e. The Balaban J connectivity index is 2.14. The monoisotopic (exact) mass is 338 g/mol. The van der Waals surface area contributed by atoms with Crippen LogP contribution in [0, 0.1) is 6.92 Å². The lowest BCUT2D eigenvalue weighted by Gasteiger charge is -2.17. The first-order valence-corrected chi connectivity index (χ1v) is 7.49. The Kier molecular flexibility index (Phi) is 4.27. The van der Waals surface area contributed by atoms with Crippen molar-refractivity contribution < 1.29 is 4.79 Å². The first-order chi connectivity index (χ1) is 8.97. The predicted molar refractivity (Wildman–Crippen MR) is 83.4 cm³/mol. The summed E-state index contributed by atoms with van der Waals surface area (Å²) < 4.78 is 1.05. The molecule has 2 N–H and O–H groups in total. The second-order valence-electron chi connectivity index (χ2n) is 4.47. The molecule has 0 saturated carbocycles. The summed E-state index contributed by atoms with van der Waals surface area (Å²) in [6, 6.07) is 7.40. The molecule has 0 aliphatic rings. The average molecular weight is 339 g/mol. The first kappa shape index (κ1) is 14.1. The van der Waals surface area contributed by atoms with Crippen LogP contribution in [0.15, 0.2) is 34.1 Å². The minimum Gasteiger partial charge on any atom is -0.399 e. The van der Waals surface area contributed by atoms with Gasteiger partial charge in [0.1, 0.15) is 0 Å². The molecule has 0 aliphatic carbocycles. The molecule has 2 rings (SSSR count). The van der Waals surface area contributed by atoms with Crippen molar-refractivity contribution in [3.8, 4) is 0 Å². The van der Waals surface area contributed by atoms with Gasteiger partial charge in [-0.2, -0.15) is 0 Å². The Hall–Kier alpha value is -1.33. The summed E-state index contributed by atoms with van der Waals surface area (Å²) in [6.07, 6.45) is 0. The maximum absolute atomic E-state index is 12.4. The molecule has 1 aromatic carbocycles. The van der Waals surface area contributed by atoms with E-state index in [-0.39, 0.29) is 5.91 Å². The number of nitrogen functional groups attached to an aromatic ring is 1. The maximum Gasteiger partial charge on any atom is 0.254 e. The van der Waals surface area contributed by atoms with Crippen molar-refractivity contribution in [2.24, 2.45) is 0 Å². The smallest absolute Gasteiger partial charge is 0.254 e. The Morgan fingerprint density at radius 2 is 2.16 bits per heavy atom. The van der Waals surface area contributed by atoms with Gasteiger partial charge in [0.2, 0.25) is 0 Å². The van der Waals surface area contributed by atoms with E-state index in [1.807, 2.05) is 31.5 Å². The van der Waals surface area contributed by atoms with Crippen LogP contribution in [-0.2, 0) is 6.54 Å². The van der Waals surface area contributed by atoms with Crippen LogP contribution in [-0.4, -0.2) is 17.9 Å². The van der Waals surface area contributed by atoms with E-state index in [9.17, 15) is 4.79 Å². The number of thiophene rings is 1. The standard InChI is InChI=1S/C14H15BrN2OS/c1-9-5-11(16)3-4-13(9)14(18)17(2)7-12-6-10(15)8-19-12/h3-6,8H,7,16H2,1-2H3. The third-order valence-corrected chi connectivity index (χ3v) is 4.52. The minimum absolute atomic E-state index is 0.0158. The number of carbonyl (C=O) groups excluding carboxylic acids is 1. The molecule has 0 radical (unpaired) electrons. The highest BCUT2D eigenvalue weighted by atomic mass is 79.9. The quantitative estimate of drug-likeness (QED) is 0.868. The number of rotatable bonds is 3. The van der Waals surface area contributed by atoms with Crippen LogP contribution >= 0.6 is 27.3 Å². The van der Waals surface area contributed by atoms with Crippen molar-refractivity contribution >= 4 is 38.9 Å². The zero-order valence-electron chi connectivity index (χ0n) is 10.8. The number of nitrogens with zero attached hydrogens (tertiary/aromatic N) is 1. The number of aryl methyl sites for hydroxylation is 1. The molecule has 19 heavy (non-hydrogen) atoms. The van der Waals surface area contributed by atoms with Crippen LogP contribution in [0.1, 0.15) is 20.8 Å². The van der Waals surface area contributed by atoms with Crippen molar-refractivity contribution in [2.75, 3.05) is 12.8 Å². The lowest BCUT2D eigenvalue weighted by molar-refractivity contribution is 0.0786. The van der Waals surface area contributed by atoms with Crippen molar-refractivity contribution in [3.05, 3.63) is 50.1 Å². The van der Waals surface area contributed by atoms with Gasteiger partial charge >= 0.3 is 0 Å². The highest BCUT2D eigenvalue weighted by Gasteiger charge is 2.15. The number of amides is 1. The average Bonchev–Trinajstić information content (AvgIpc) is 2.74. The molecule has 0 saturated heterocycles. The summed E-state index contributed by atoms with van der Waals surface area (Å²) in [5.41, 5.74) is 7.99. The van der Waals surface area contributed by atoms with E-state index in [4.69, 9.17) is 5.73 Å². The fourth-order valence-corrected chi connectivity index (χ4v) is 3.38. The van der Waals surface area contributed by atoms with Crippen LogP contribution in [0.2, 0.25) is 0 Å². The molecule has 2 aromatic rings. The Labute approximate surface area is 125 Å². The zero-order valence-corrected chi connectivity index (χ0v) is 13.2. The van der Waals surface area contributed by atoms with E-state index in [1.165, 1.54) is 0 Å². The van der Waals surface area contributed by atoms with Crippen molar-refractivity contribution in [1.29, 1.82) is 0 Å². The summed E-state index contributed by atoms with van der Waals surface area (Å²) in [6.45, 7) is 2.51. The Morgan fingerprint density at radius 3 is 2.74 bits per heavy atom. The van der Waals surface area contributed by atoms with E-state index in [0.29, 0.717) is 17.8 Å². The fourth-order valence-electron chi connectivity index (χ4n) is 1.87. The molecule has 0 fully saturated rings. The molecule has 1 aromatic heterocycles. The number of nitrogens with two attached hydrogens (primary N) is 1. The summed E-state index contributed by atoms with van der Waals surface area (Å²) in [5, 5.41) is 2.02. The Bertz CT molecular complexity index is 609. The van der Waals surface area contributed by atoms with Crippen molar-refractivity contribution in [3.63, 3.8) is 0 Å².